The van der Waals surface area contributed by atoms with Crippen molar-refractivity contribution in [3.8, 4) is 0 Å². The molecule has 0 aromatic carbocycles. The minimum atomic E-state index is 0.0111. The highest BCUT2D eigenvalue weighted by Gasteiger charge is 2.29. The Kier molecular flexibility index (Phi) is 4.99. The van der Waals surface area contributed by atoms with Crippen LogP contribution >= 0.6 is 0 Å². The fourth-order valence-corrected chi connectivity index (χ4v) is 2.32. The average Bonchev–Trinajstić information content (AvgIpc) is 2.94. The second-order valence-corrected chi connectivity index (χ2v) is 5.24. The molecule has 0 radical (unpaired) electrons. The van der Waals surface area contributed by atoms with Crippen molar-refractivity contribution in [1.82, 2.24) is 5.32 Å². The van der Waals surface area contributed by atoms with Crippen molar-refractivity contribution in [2.75, 3.05) is 32.8 Å². The number of ether oxygens (including phenoxy) is 1. The molecule has 2 heterocycles. The van der Waals surface area contributed by atoms with E-state index in [1.807, 2.05) is 26.0 Å². The molecule has 5 heteroatoms. The van der Waals surface area contributed by atoms with Gasteiger partial charge in [-0.1, -0.05) is 13.8 Å². The molecule has 1 aromatic rings. The van der Waals surface area contributed by atoms with E-state index in [0.29, 0.717) is 6.54 Å². The second-order valence-electron chi connectivity index (χ2n) is 5.24. The number of quaternary nitrogens is 1. The normalized spacial score (nSPS) is 18.5. The van der Waals surface area contributed by atoms with E-state index in [2.05, 4.69) is 5.32 Å². The molecule has 0 bridgehead atoms. The van der Waals surface area contributed by atoms with Gasteiger partial charge >= 0.3 is 0 Å². The van der Waals surface area contributed by atoms with Gasteiger partial charge in [-0.3, -0.25) is 4.79 Å². The van der Waals surface area contributed by atoms with E-state index in [1.54, 1.807) is 6.26 Å². The number of carbonyl (C=O) groups excluding carboxylic acids is 1. The standard InChI is InChI=1S/C14H22N2O3/c1-11(2)14(17)15-10-12(13-4-3-7-19-13)16-5-8-18-9-6-16/h3-4,7,11-12H,5-6,8-10H2,1-2H3,(H,15,17)/p+1/t12-/m0/s1. The largest absolute Gasteiger partial charge is 0.463 e. The van der Waals surface area contributed by atoms with E-state index in [0.717, 1.165) is 32.1 Å². The lowest BCUT2D eigenvalue weighted by Crippen LogP contribution is -3.15. The van der Waals surface area contributed by atoms with Gasteiger partial charge in [0.2, 0.25) is 5.91 Å². The smallest absolute Gasteiger partial charge is 0.222 e. The van der Waals surface area contributed by atoms with Crippen molar-refractivity contribution in [2.24, 2.45) is 5.92 Å². The fourth-order valence-electron chi connectivity index (χ4n) is 2.32. The molecule has 1 aromatic heterocycles. The molecule has 0 unspecified atom stereocenters. The topological polar surface area (TPSA) is 55.9 Å². The summed E-state index contributed by atoms with van der Waals surface area (Å²) in [6.07, 6.45) is 1.69. The molecule has 1 amide bonds. The maximum Gasteiger partial charge on any atom is 0.222 e. The van der Waals surface area contributed by atoms with Crippen LogP contribution in [-0.2, 0) is 9.53 Å². The van der Waals surface area contributed by atoms with Gasteiger partial charge in [0.15, 0.2) is 11.8 Å². The Morgan fingerprint density at radius 2 is 2.16 bits per heavy atom. The number of furan rings is 1. The third-order valence-corrected chi connectivity index (χ3v) is 3.52. The van der Waals surface area contributed by atoms with Gasteiger partial charge in [-0.05, 0) is 12.1 Å². The molecule has 19 heavy (non-hydrogen) atoms. The number of amides is 1. The summed E-state index contributed by atoms with van der Waals surface area (Å²) in [5.41, 5.74) is 0. The van der Waals surface area contributed by atoms with Crippen LogP contribution in [0.2, 0.25) is 0 Å². The zero-order valence-corrected chi connectivity index (χ0v) is 11.6. The van der Waals surface area contributed by atoms with Crippen molar-refractivity contribution >= 4 is 5.91 Å². The third kappa shape index (κ3) is 3.81. The Balaban J connectivity index is 2.00. The molecule has 2 rings (SSSR count). The molecule has 0 saturated carbocycles. The predicted molar refractivity (Wildman–Crippen MR) is 70.8 cm³/mol. The number of rotatable bonds is 5. The monoisotopic (exact) mass is 267 g/mol. The average molecular weight is 267 g/mol. The van der Waals surface area contributed by atoms with Crippen molar-refractivity contribution in [3.05, 3.63) is 24.2 Å². The highest BCUT2D eigenvalue weighted by atomic mass is 16.5. The van der Waals surface area contributed by atoms with Gasteiger partial charge in [0.1, 0.15) is 13.1 Å². The first-order valence-corrected chi connectivity index (χ1v) is 6.92. The van der Waals surface area contributed by atoms with Gasteiger partial charge < -0.3 is 19.4 Å². The van der Waals surface area contributed by atoms with Crippen LogP contribution in [0.4, 0.5) is 0 Å². The Bertz CT molecular complexity index is 383. The minimum Gasteiger partial charge on any atom is -0.463 e. The Labute approximate surface area is 113 Å². The maximum atomic E-state index is 11.7. The predicted octanol–water partition coefficient (Wildman–Crippen LogP) is 0.00800. The molecular formula is C14H23N2O3+. The number of nitrogens with one attached hydrogen (secondary N) is 2. The summed E-state index contributed by atoms with van der Waals surface area (Å²) < 4.78 is 10.9. The van der Waals surface area contributed by atoms with Crippen LogP contribution < -0.4 is 10.2 Å². The van der Waals surface area contributed by atoms with Crippen LogP contribution in [0.1, 0.15) is 25.6 Å². The highest BCUT2D eigenvalue weighted by molar-refractivity contribution is 5.77. The van der Waals surface area contributed by atoms with Gasteiger partial charge in [-0.25, -0.2) is 0 Å². The van der Waals surface area contributed by atoms with Crippen LogP contribution in [0, 0.1) is 5.92 Å². The Morgan fingerprint density at radius 3 is 2.74 bits per heavy atom. The molecule has 0 spiro atoms. The van der Waals surface area contributed by atoms with Crippen molar-refractivity contribution in [1.29, 1.82) is 0 Å². The lowest BCUT2D eigenvalue weighted by Gasteiger charge is -2.30. The van der Waals surface area contributed by atoms with Crippen LogP contribution in [0.25, 0.3) is 0 Å². The van der Waals surface area contributed by atoms with Crippen LogP contribution in [-0.4, -0.2) is 38.8 Å². The molecular weight excluding hydrogens is 244 g/mol. The lowest BCUT2D eigenvalue weighted by atomic mass is 10.1. The fraction of sp³-hybridized carbons (Fsp3) is 0.643. The first-order chi connectivity index (χ1) is 9.18. The Hall–Kier alpha value is -1.33. The molecule has 0 aliphatic carbocycles. The number of hydrogen-bond donors (Lipinski definition) is 2. The summed E-state index contributed by atoms with van der Waals surface area (Å²) in [7, 11) is 0. The summed E-state index contributed by atoms with van der Waals surface area (Å²) in [6, 6.07) is 4.04. The van der Waals surface area contributed by atoms with Gasteiger partial charge in [-0.15, -0.1) is 0 Å². The first kappa shape index (κ1) is 14.1. The maximum absolute atomic E-state index is 11.7. The van der Waals surface area contributed by atoms with E-state index in [9.17, 15) is 4.79 Å². The number of morpholine rings is 1. The molecule has 1 atom stereocenters. The Morgan fingerprint density at radius 1 is 1.42 bits per heavy atom. The highest BCUT2D eigenvalue weighted by Crippen LogP contribution is 2.10. The number of hydrogen-bond acceptors (Lipinski definition) is 3. The van der Waals surface area contributed by atoms with Crippen molar-refractivity contribution in [2.45, 2.75) is 19.9 Å². The summed E-state index contributed by atoms with van der Waals surface area (Å²) in [6.45, 7) is 7.85. The minimum absolute atomic E-state index is 0.0111. The van der Waals surface area contributed by atoms with E-state index in [-0.39, 0.29) is 17.9 Å². The molecule has 2 N–H and O–H groups in total. The summed E-state index contributed by atoms with van der Waals surface area (Å²) in [5.74, 6) is 1.03. The molecule has 1 aliphatic rings. The van der Waals surface area contributed by atoms with Gasteiger partial charge in [0.25, 0.3) is 0 Å². The summed E-state index contributed by atoms with van der Waals surface area (Å²) in [5, 5.41) is 3.01. The van der Waals surface area contributed by atoms with E-state index in [4.69, 9.17) is 9.15 Å². The zero-order chi connectivity index (χ0) is 13.7. The number of carbonyl (C=O) groups is 1. The summed E-state index contributed by atoms with van der Waals surface area (Å²) >= 11 is 0. The van der Waals surface area contributed by atoms with Gasteiger partial charge in [0.05, 0.1) is 26.0 Å². The second kappa shape index (κ2) is 6.73. The molecule has 106 valence electrons. The van der Waals surface area contributed by atoms with E-state index in [1.165, 1.54) is 4.90 Å². The SMILES string of the molecule is CC(C)C(=O)NC[C@@H](c1ccco1)[NH+]1CCOCC1. The van der Waals surface area contributed by atoms with E-state index < -0.39 is 0 Å². The van der Waals surface area contributed by atoms with Crippen molar-refractivity contribution in [3.63, 3.8) is 0 Å². The third-order valence-electron chi connectivity index (χ3n) is 3.52. The lowest BCUT2D eigenvalue weighted by molar-refractivity contribution is -0.938. The van der Waals surface area contributed by atoms with Crippen LogP contribution in [0.5, 0.6) is 0 Å². The quantitative estimate of drug-likeness (QED) is 0.790. The van der Waals surface area contributed by atoms with Crippen LogP contribution in [0.3, 0.4) is 0 Å². The van der Waals surface area contributed by atoms with Gasteiger partial charge in [0, 0.05) is 5.92 Å². The van der Waals surface area contributed by atoms with Crippen LogP contribution in [0.15, 0.2) is 22.8 Å². The molecule has 1 saturated heterocycles. The first-order valence-electron chi connectivity index (χ1n) is 6.92. The summed E-state index contributed by atoms with van der Waals surface area (Å²) in [4.78, 5) is 13.1. The van der Waals surface area contributed by atoms with Crippen molar-refractivity contribution < 1.29 is 18.8 Å². The van der Waals surface area contributed by atoms with E-state index >= 15 is 0 Å². The molecule has 1 aliphatic heterocycles. The zero-order valence-electron chi connectivity index (χ0n) is 11.6. The molecule has 1 fully saturated rings. The van der Waals surface area contributed by atoms with Gasteiger partial charge in [-0.2, -0.15) is 0 Å². The molecule has 5 nitrogen and oxygen atoms in total.